The summed E-state index contributed by atoms with van der Waals surface area (Å²) in [4.78, 5) is 16.5. The van der Waals surface area contributed by atoms with E-state index in [0.29, 0.717) is 5.56 Å². The Kier molecular flexibility index (Phi) is 3.34. The van der Waals surface area contributed by atoms with E-state index >= 15 is 0 Å². The summed E-state index contributed by atoms with van der Waals surface area (Å²) < 4.78 is 12.4. The average Bonchev–Trinajstić information content (AvgIpc) is 2.15. The van der Waals surface area contributed by atoms with Crippen molar-refractivity contribution in [3.8, 4) is 0 Å². The van der Waals surface area contributed by atoms with Gasteiger partial charge in [-0.2, -0.15) is 4.39 Å². The molecular weight excluding hydrogens is 183 g/mol. The average molecular weight is 194 g/mol. The molecule has 74 valence electrons. The van der Waals surface area contributed by atoms with Crippen molar-refractivity contribution in [1.29, 1.82) is 0 Å². The van der Waals surface area contributed by atoms with Gasteiger partial charge in [-0.3, -0.25) is 4.79 Å². The Morgan fingerprint density at radius 3 is 2.71 bits per heavy atom. The molecule has 4 heteroatoms. The molecule has 0 saturated heterocycles. The van der Waals surface area contributed by atoms with Crippen molar-refractivity contribution in [1.82, 2.24) is 9.88 Å². The van der Waals surface area contributed by atoms with Crippen LogP contribution in [0.25, 0.3) is 0 Å². The fourth-order valence-corrected chi connectivity index (χ4v) is 0.835. The van der Waals surface area contributed by atoms with Gasteiger partial charge in [0.15, 0.2) is 5.78 Å². The highest BCUT2D eigenvalue weighted by molar-refractivity contribution is 6.04. The fraction of sp³-hybridized carbons (Fsp3) is 0.200. The van der Waals surface area contributed by atoms with E-state index in [2.05, 4.69) is 4.98 Å². The smallest absolute Gasteiger partial charge is 0.212 e. The maximum atomic E-state index is 12.4. The second-order valence-corrected chi connectivity index (χ2v) is 3.01. The van der Waals surface area contributed by atoms with E-state index < -0.39 is 5.95 Å². The molecule has 0 aliphatic heterocycles. The molecule has 3 nitrogen and oxygen atoms in total. The summed E-state index contributed by atoms with van der Waals surface area (Å²) in [5.41, 5.74) is 0.379. The van der Waals surface area contributed by atoms with Crippen molar-refractivity contribution in [2.45, 2.75) is 0 Å². The van der Waals surface area contributed by atoms with Crippen LogP contribution < -0.4 is 0 Å². The molecule has 0 aliphatic rings. The van der Waals surface area contributed by atoms with Gasteiger partial charge in [-0.1, -0.05) is 0 Å². The Morgan fingerprint density at radius 2 is 2.21 bits per heavy atom. The van der Waals surface area contributed by atoms with Gasteiger partial charge in [-0.05, 0) is 12.1 Å². The van der Waals surface area contributed by atoms with Gasteiger partial charge in [0.25, 0.3) is 0 Å². The Balaban J connectivity index is 2.75. The molecule has 1 aromatic heterocycles. The Labute approximate surface area is 81.9 Å². The number of hydrogen-bond acceptors (Lipinski definition) is 3. The minimum absolute atomic E-state index is 0.189. The van der Waals surface area contributed by atoms with Gasteiger partial charge in [0, 0.05) is 38.1 Å². The minimum atomic E-state index is -0.585. The van der Waals surface area contributed by atoms with Gasteiger partial charge in [0.1, 0.15) is 0 Å². The molecule has 0 amide bonds. The third-order valence-electron chi connectivity index (χ3n) is 1.54. The monoisotopic (exact) mass is 194 g/mol. The molecule has 1 rings (SSSR count). The van der Waals surface area contributed by atoms with Crippen LogP contribution in [0.1, 0.15) is 10.4 Å². The highest BCUT2D eigenvalue weighted by Gasteiger charge is 2.01. The van der Waals surface area contributed by atoms with E-state index in [-0.39, 0.29) is 5.78 Å². The molecule has 0 saturated carbocycles. The van der Waals surface area contributed by atoms with Gasteiger partial charge >= 0.3 is 0 Å². The lowest BCUT2D eigenvalue weighted by molar-refractivity contribution is 0.104. The molecule has 0 bridgehead atoms. The van der Waals surface area contributed by atoms with Gasteiger partial charge in [-0.25, -0.2) is 4.98 Å². The van der Waals surface area contributed by atoms with Crippen LogP contribution in [0.4, 0.5) is 4.39 Å². The second kappa shape index (κ2) is 4.50. The molecule has 1 heterocycles. The summed E-state index contributed by atoms with van der Waals surface area (Å²) >= 11 is 0. The van der Waals surface area contributed by atoms with Gasteiger partial charge in [0.2, 0.25) is 5.95 Å². The van der Waals surface area contributed by atoms with Gasteiger partial charge in [-0.15, -0.1) is 0 Å². The predicted octanol–water partition coefficient (Wildman–Crippen LogP) is 1.48. The van der Waals surface area contributed by atoms with Gasteiger partial charge in [0.05, 0.1) is 0 Å². The number of nitrogens with zero attached hydrogens (tertiary/aromatic N) is 2. The Bertz CT molecular complexity index is 344. The Hall–Kier alpha value is -1.71. The number of carbonyl (C=O) groups excluding carboxylic acids is 1. The van der Waals surface area contributed by atoms with Crippen LogP contribution in [0.2, 0.25) is 0 Å². The number of allylic oxidation sites excluding steroid dienone is 1. The molecule has 0 aliphatic carbocycles. The van der Waals surface area contributed by atoms with Crippen LogP contribution in [0.5, 0.6) is 0 Å². The van der Waals surface area contributed by atoms with Crippen molar-refractivity contribution in [2.24, 2.45) is 0 Å². The van der Waals surface area contributed by atoms with E-state index in [0.717, 1.165) is 6.07 Å². The topological polar surface area (TPSA) is 33.2 Å². The maximum absolute atomic E-state index is 12.4. The fourth-order valence-electron chi connectivity index (χ4n) is 0.835. The highest BCUT2D eigenvalue weighted by atomic mass is 19.1. The zero-order valence-corrected chi connectivity index (χ0v) is 8.07. The number of halogens is 1. The SMILES string of the molecule is CN(C)/C=C/C(=O)c1ccc(F)nc1. The van der Waals surface area contributed by atoms with Crippen molar-refractivity contribution < 1.29 is 9.18 Å². The molecule has 1 aromatic rings. The third-order valence-corrected chi connectivity index (χ3v) is 1.54. The van der Waals surface area contributed by atoms with Gasteiger partial charge < -0.3 is 4.90 Å². The Morgan fingerprint density at radius 1 is 1.50 bits per heavy atom. The second-order valence-electron chi connectivity index (χ2n) is 3.01. The molecule has 0 fully saturated rings. The maximum Gasteiger partial charge on any atom is 0.212 e. The molecule has 14 heavy (non-hydrogen) atoms. The predicted molar refractivity (Wildman–Crippen MR) is 51.4 cm³/mol. The van der Waals surface area contributed by atoms with Crippen LogP contribution in [-0.2, 0) is 0 Å². The van der Waals surface area contributed by atoms with Crippen LogP contribution in [0.3, 0.4) is 0 Å². The van der Waals surface area contributed by atoms with E-state index in [1.165, 1.54) is 18.3 Å². The lowest BCUT2D eigenvalue weighted by Crippen LogP contribution is -2.03. The third kappa shape index (κ3) is 2.97. The van der Waals surface area contributed by atoms with Crippen LogP contribution in [0.15, 0.2) is 30.6 Å². The summed E-state index contributed by atoms with van der Waals surface area (Å²) in [5.74, 6) is -0.774. The quantitative estimate of drug-likeness (QED) is 0.415. The van der Waals surface area contributed by atoms with E-state index in [9.17, 15) is 9.18 Å². The number of aromatic nitrogens is 1. The summed E-state index contributed by atoms with van der Waals surface area (Å²) in [6.07, 6.45) is 4.26. The molecular formula is C10H11FN2O. The molecule has 0 aromatic carbocycles. The standard InChI is InChI=1S/C10H11FN2O/c1-13(2)6-5-9(14)8-3-4-10(11)12-7-8/h3-7H,1-2H3/b6-5+. The normalized spacial score (nSPS) is 10.5. The van der Waals surface area contributed by atoms with Crippen molar-refractivity contribution in [3.63, 3.8) is 0 Å². The minimum Gasteiger partial charge on any atom is -0.383 e. The number of rotatable bonds is 3. The van der Waals surface area contributed by atoms with E-state index in [1.54, 1.807) is 11.1 Å². The zero-order valence-electron chi connectivity index (χ0n) is 8.07. The molecule has 0 N–H and O–H groups in total. The molecule has 0 unspecified atom stereocenters. The lowest BCUT2D eigenvalue weighted by atomic mass is 10.2. The number of hydrogen-bond donors (Lipinski definition) is 0. The van der Waals surface area contributed by atoms with E-state index in [4.69, 9.17) is 0 Å². The zero-order chi connectivity index (χ0) is 10.6. The first-order chi connectivity index (χ1) is 6.59. The summed E-state index contributed by atoms with van der Waals surface area (Å²) in [6.45, 7) is 0. The summed E-state index contributed by atoms with van der Waals surface area (Å²) in [7, 11) is 3.62. The van der Waals surface area contributed by atoms with Crippen molar-refractivity contribution in [2.75, 3.05) is 14.1 Å². The summed E-state index contributed by atoms with van der Waals surface area (Å²) in [5, 5.41) is 0. The first kappa shape index (κ1) is 10.4. The molecule has 0 radical (unpaired) electrons. The van der Waals surface area contributed by atoms with Crippen LogP contribution in [-0.4, -0.2) is 29.8 Å². The first-order valence-electron chi connectivity index (χ1n) is 4.10. The first-order valence-corrected chi connectivity index (χ1v) is 4.10. The lowest BCUT2D eigenvalue weighted by Gasteiger charge is -2.02. The summed E-state index contributed by atoms with van der Waals surface area (Å²) in [6, 6.07) is 2.57. The van der Waals surface area contributed by atoms with Crippen molar-refractivity contribution in [3.05, 3.63) is 42.1 Å². The highest BCUT2D eigenvalue weighted by Crippen LogP contribution is 2.01. The number of carbonyl (C=O) groups is 1. The number of pyridine rings is 1. The largest absolute Gasteiger partial charge is 0.383 e. The molecule has 0 spiro atoms. The number of ketones is 1. The van der Waals surface area contributed by atoms with Crippen LogP contribution in [0, 0.1) is 5.95 Å². The molecule has 0 atom stereocenters. The van der Waals surface area contributed by atoms with Crippen molar-refractivity contribution >= 4 is 5.78 Å². The van der Waals surface area contributed by atoms with E-state index in [1.807, 2.05) is 14.1 Å². The van der Waals surface area contributed by atoms with Crippen LogP contribution >= 0.6 is 0 Å².